The van der Waals surface area contributed by atoms with Crippen molar-refractivity contribution in [3.05, 3.63) is 98.0 Å². The SMILES string of the molecule is CCc1ccc2oc(C(=O)c3c(C)c(C#N)c(=O)n(Cc4ccccc4)c3O)c(C)c2c1. The van der Waals surface area contributed by atoms with Crippen molar-refractivity contribution < 1.29 is 14.3 Å². The van der Waals surface area contributed by atoms with Gasteiger partial charge in [-0.05, 0) is 49.1 Å². The van der Waals surface area contributed by atoms with E-state index in [1.54, 1.807) is 19.1 Å². The van der Waals surface area contributed by atoms with Crippen LogP contribution in [0.3, 0.4) is 0 Å². The molecule has 0 atom stereocenters. The Morgan fingerprint density at radius 2 is 1.81 bits per heavy atom. The van der Waals surface area contributed by atoms with Crippen LogP contribution in [0.5, 0.6) is 5.88 Å². The first kappa shape index (κ1) is 21.1. The number of hydrogen-bond acceptors (Lipinski definition) is 5. The monoisotopic (exact) mass is 426 g/mol. The van der Waals surface area contributed by atoms with Gasteiger partial charge in [0.1, 0.15) is 17.2 Å². The molecule has 1 N–H and O–H groups in total. The van der Waals surface area contributed by atoms with Crippen molar-refractivity contribution in [3.63, 3.8) is 0 Å². The highest BCUT2D eigenvalue weighted by Crippen LogP contribution is 2.32. The molecule has 0 saturated heterocycles. The van der Waals surface area contributed by atoms with Gasteiger partial charge in [-0.3, -0.25) is 14.2 Å². The van der Waals surface area contributed by atoms with Gasteiger partial charge in [0.15, 0.2) is 5.76 Å². The Morgan fingerprint density at radius 3 is 2.47 bits per heavy atom. The van der Waals surface area contributed by atoms with E-state index in [4.69, 9.17) is 4.42 Å². The minimum Gasteiger partial charge on any atom is -0.494 e. The van der Waals surface area contributed by atoms with Crippen molar-refractivity contribution in [2.45, 2.75) is 33.7 Å². The van der Waals surface area contributed by atoms with Crippen LogP contribution >= 0.6 is 0 Å². The summed E-state index contributed by atoms with van der Waals surface area (Å²) >= 11 is 0. The first-order valence-electron chi connectivity index (χ1n) is 10.3. The fraction of sp³-hybridized carbons (Fsp3) is 0.192. The van der Waals surface area contributed by atoms with E-state index in [1.165, 1.54) is 6.92 Å². The Hall–Kier alpha value is -4.11. The van der Waals surface area contributed by atoms with Crippen LogP contribution in [0, 0.1) is 25.2 Å². The minimum absolute atomic E-state index is 0.0275. The third-order valence-corrected chi connectivity index (χ3v) is 5.83. The molecule has 2 heterocycles. The summed E-state index contributed by atoms with van der Waals surface area (Å²) in [6.45, 7) is 5.35. The number of nitrogens with zero attached hydrogens (tertiary/aromatic N) is 2. The van der Waals surface area contributed by atoms with Crippen LogP contribution in [0.4, 0.5) is 0 Å². The third-order valence-electron chi connectivity index (χ3n) is 5.83. The van der Waals surface area contributed by atoms with E-state index < -0.39 is 17.2 Å². The van der Waals surface area contributed by atoms with Crippen LogP contribution < -0.4 is 5.56 Å². The number of nitriles is 1. The van der Waals surface area contributed by atoms with Crippen LogP contribution in [0.2, 0.25) is 0 Å². The molecule has 4 aromatic rings. The van der Waals surface area contributed by atoms with E-state index in [-0.39, 0.29) is 29.0 Å². The lowest BCUT2D eigenvalue weighted by molar-refractivity contribution is 0.101. The molecule has 0 unspecified atom stereocenters. The van der Waals surface area contributed by atoms with Crippen LogP contribution in [0.1, 0.15) is 50.9 Å². The van der Waals surface area contributed by atoms with Crippen molar-refractivity contribution in [2.75, 3.05) is 0 Å². The highest BCUT2D eigenvalue weighted by atomic mass is 16.3. The minimum atomic E-state index is -0.642. The van der Waals surface area contributed by atoms with Gasteiger partial charge in [-0.15, -0.1) is 0 Å². The van der Waals surface area contributed by atoms with E-state index in [0.717, 1.165) is 27.5 Å². The van der Waals surface area contributed by atoms with E-state index in [1.807, 2.05) is 49.4 Å². The molecule has 0 aliphatic carbocycles. The van der Waals surface area contributed by atoms with Crippen molar-refractivity contribution in [3.8, 4) is 11.9 Å². The molecule has 0 bridgehead atoms. The van der Waals surface area contributed by atoms with Crippen LogP contribution in [-0.4, -0.2) is 15.5 Å². The smallest absolute Gasteiger partial charge is 0.271 e. The topological polar surface area (TPSA) is 96.2 Å². The lowest BCUT2D eigenvalue weighted by Crippen LogP contribution is -2.27. The molecule has 4 rings (SSSR count). The summed E-state index contributed by atoms with van der Waals surface area (Å²) in [5.41, 5.74) is 2.30. The zero-order valence-corrected chi connectivity index (χ0v) is 18.1. The average Bonchev–Trinajstić information content (AvgIpc) is 3.13. The van der Waals surface area contributed by atoms with Crippen LogP contribution in [-0.2, 0) is 13.0 Å². The highest BCUT2D eigenvalue weighted by molar-refractivity contribution is 6.12. The van der Waals surface area contributed by atoms with Crippen molar-refractivity contribution in [1.82, 2.24) is 4.57 Å². The van der Waals surface area contributed by atoms with E-state index in [0.29, 0.717) is 11.1 Å². The summed E-state index contributed by atoms with van der Waals surface area (Å²) < 4.78 is 6.91. The molecule has 2 aromatic carbocycles. The predicted octanol–water partition coefficient (Wildman–Crippen LogP) is 4.63. The second-order valence-electron chi connectivity index (χ2n) is 7.76. The van der Waals surface area contributed by atoms with Gasteiger partial charge < -0.3 is 9.52 Å². The molecule has 0 aliphatic rings. The molecule has 6 nitrogen and oxygen atoms in total. The number of carbonyl (C=O) groups excluding carboxylic acids is 1. The Labute approximate surface area is 185 Å². The second kappa shape index (κ2) is 8.20. The normalized spacial score (nSPS) is 10.9. The molecule has 0 saturated carbocycles. The number of benzene rings is 2. The summed E-state index contributed by atoms with van der Waals surface area (Å²) in [6.07, 6.45) is 0.847. The second-order valence-corrected chi connectivity index (χ2v) is 7.76. The molecular formula is C26H22N2O4. The molecular weight excluding hydrogens is 404 g/mol. The predicted molar refractivity (Wildman–Crippen MR) is 121 cm³/mol. The number of ketones is 1. The largest absolute Gasteiger partial charge is 0.494 e. The van der Waals surface area contributed by atoms with Gasteiger partial charge in [-0.1, -0.05) is 43.3 Å². The number of aryl methyl sites for hydroxylation is 2. The lowest BCUT2D eigenvalue weighted by Gasteiger charge is -2.15. The molecule has 0 amide bonds. The van der Waals surface area contributed by atoms with Gasteiger partial charge >= 0.3 is 0 Å². The average molecular weight is 426 g/mol. The van der Waals surface area contributed by atoms with Gasteiger partial charge in [0.25, 0.3) is 5.56 Å². The van der Waals surface area contributed by atoms with Gasteiger partial charge in [0, 0.05) is 10.9 Å². The van der Waals surface area contributed by atoms with E-state index in [9.17, 15) is 20.0 Å². The fourth-order valence-electron chi connectivity index (χ4n) is 3.95. The maximum atomic E-state index is 13.5. The number of aromatic hydroxyl groups is 1. The molecule has 6 heteroatoms. The van der Waals surface area contributed by atoms with E-state index in [2.05, 4.69) is 0 Å². The molecule has 32 heavy (non-hydrogen) atoms. The Bertz CT molecular complexity index is 1450. The maximum Gasteiger partial charge on any atom is 0.271 e. The van der Waals surface area contributed by atoms with Gasteiger partial charge in [-0.2, -0.15) is 5.26 Å². The number of aromatic nitrogens is 1. The van der Waals surface area contributed by atoms with Crippen molar-refractivity contribution >= 4 is 16.8 Å². The van der Waals surface area contributed by atoms with Crippen molar-refractivity contribution in [2.24, 2.45) is 0 Å². The molecule has 0 spiro atoms. The lowest BCUT2D eigenvalue weighted by atomic mass is 9.98. The summed E-state index contributed by atoms with van der Waals surface area (Å²) in [5.74, 6) is -0.958. The molecule has 0 fully saturated rings. The van der Waals surface area contributed by atoms with Gasteiger partial charge in [0.2, 0.25) is 11.7 Å². The van der Waals surface area contributed by atoms with Gasteiger partial charge in [0.05, 0.1) is 12.1 Å². The number of hydrogen-bond donors (Lipinski definition) is 1. The first-order valence-corrected chi connectivity index (χ1v) is 10.3. The number of rotatable bonds is 5. The molecule has 0 radical (unpaired) electrons. The zero-order chi connectivity index (χ0) is 23.0. The van der Waals surface area contributed by atoms with Gasteiger partial charge in [-0.25, -0.2) is 0 Å². The summed E-state index contributed by atoms with van der Waals surface area (Å²) in [5, 5.41) is 21.4. The Balaban J connectivity index is 1.92. The third kappa shape index (κ3) is 3.38. The standard InChI is InChI=1S/C26H22N2O4/c1-4-17-10-11-21-19(12-17)16(3)24(32-21)23(29)22-15(2)20(13-27)25(30)28(26(22)31)14-18-8-6-5-7-9-18/h5-12,31H,4,14H2,1-3H3. The van der Waals surface area contributed by atoms with Crippen LogP contribution in [0.15, 0.2) is 57.7 Å². The molecule has 2 aromatic heterocycles. The quantitative estimate of drug-likeness (QED) is 0.469. The first-order chi connectivity index (χ1) is 15.4. The number of pyridine rings is 1. The number of carbonyl (C=O) groups is 1. The zero-order valence-electron chi connectivity index (χ0n) is 18.1. The Morgan fingerprint density at radius 1 is 1.09 bits per heavy atom. The molecule has 160 valence electrons. The summed E-state index contributed by atoms with van der Waals surface area (Å²) in [4.78, 5) is 26.4. The Kier molecular flexibility index (Phi) is 5.41. The molecule has 0 aliphatic heterocycles. The fourth-order valence-corrected chi connectivity index (χ4v) is 3.95. The summed E-state index contributed by atoms with van der Waals surface area (Å²) in [7, 11) is 0. The van der Waals surface area contributed by atoms with Crippen LogP contribution in [0.25, 0.3) is 11.0 Å². The number of furan rings is 1. The van der Waals surface area contributed by atoms with E-state index >= 15 is 0 Å². The highest BCUT2D eigenvalue weighted by Gasteiger charge is 2.28. The number of fused-ring (bicyclic) bond motifs is 1. The maximum absolute atomic E-state index is 13.5. The summed E-state index contributed by atoms with van der Waals surface area (Å²) in [6, 6.07) is 16.7. The van der Waals surface area contributed by atoms with Crippen molar-refractivity contribution in [1.29, 1.82) is 5.26 Å².